The lowest BCUT2D eigenvalue weighted by molar-refractivity contribution is 0.198. The van der Waals surface area contributed by atoms with Gasteiger partial charge in [0.05, 0.1) is 6.17 Å². The molecule has 3 aromatic rings. The maximum absolute atomic E-state index is 4.63. The lowest BCUT2D eigenvalue weighted by Crippen LogP contribution is -2.52. The van der Waals surface area contributed by atoms with Gasteiger partial charge in [-0.1, -0.05) is 43.3 Å². The molecule has 1 fully saturated rings. The minimum Gasteiger partial charge on any atom is -0.369 e. The standard InChI is InChI=1S/C24H30N4/c1-4-23(26-24-21-10-6-5-9-20(21)12-13-25-24)28-16-14-27(15-17-28)22-11-7-8-18(2)19(22)3/h5-13,23H,4,14-17H2,1-3H3,(H,25,26). The van der Waals surface area contributed by atoms with Crippen molar-refractivity contribution in [3.8, 4) is 0 Å². The second-order valence-corrected chi connectivity index (χ2v) is 7.69. The van der Waals surface area contributed by atoms with Gasteiger partial charge in [0.1, 0.15) is 5.82 Å². The number of benzene rings is 2. The Kier molecular flexibility index (Phi) is 5.49. The average Bonchev–Trinajstić information content (AvgIpc) is 2.74. The minimum atomic E-state index is 0.305. The summed E-state index contributed by atoms with van der Waals surface area (Å²) in [7, 11) is 0. The molecule has 0 spiro atoms. The van der Waals surface area contributed by atoms with Gasteiger partial charge < -0.3 is 10.2 Å². The number of nitrogens with one attached hydrogen (secondary N) is 1. The summed E-state index contributed by atoms with van der Waals surface area (Å²) < 4.78 is 0. The molecule has 0 amide bonds. The normalized spacial score (nSPS) is 16.3. The van der Waals surface area contributed by atoms with Crippen LogP contribution in [0.4, 0.5) is 11.5 Å². The molecule has 1 N–H and O–H groups in total. The van der Waals surface area contributed by atoms with Crippen molar-refractivity contribution in [1.82, 2.24) is 9.88 Å². The Morgan fingerprint density at radius 1 is 0.964 bits per heavy atom. The maximum atomic E-state index is 4.63. The molecule has 2 heterocycles. The maximum Gasteiger partial charge on any atom is 0.135 e. The molecule has 1 aliphatic rings. The molecule has 0 saturated carbocycles. The molecule has 4 heteroatoms. The van der Waals surface area contributed by atoms with Gasteiger partial charge in [-0.05, 0) is 48.9 Å². The number of anilines is 2. The highest BCUT2D eigenvalue weighted by Gasteiger charge is 2.24. The summed E-state index contributed by atoms with van der Waals surface area (Å²) in [6, 6.07) is 17.2. The van der Waals surface area contributed by atoms with Crippen LogP contribution in [0.5, 0.6) is 0 Å². The van der Waals surface area contributed by atoms with Crippen molar-refractivity contribution in [2.45, 2.75) is 33.4 Å². The zero-order valence-corrected chi connectivity index (χ0v) is 17.2. The van der Waals surface area contributed by atoms with Crippen LogP contribution in [0.3, 0.4) is 0 Å². The molecule has 28 heavy (non-hydrogen) atoms. The van der Waals surface area contributed by atoms with Gasteiger partial charge in [-0.25, -0.2) is 4.98 Å². The molecule has 1 aliphatic heterocycles. The van der Waals surface area contributed by atoms with Crippen LogP contribution in [0.1, 0.15) is 24.5 Å². The fraction of sp³-hybridized carbons (Fsp3) is 0.375. The first-order chi connectivity index (χ1) is 13.7. The van der Waals surface area contributed by atoms with Crippen LogP contribution in [0.15, 0.2) is 54.7 Å². The molecule has 0 radical (unpaired) electrons. The van der Waals surface area contributed by atoms with E-state index in [1.807, 2.05) is 6.20 Å². The summed E-state index contributed by atoms with van der Waals surface area (Å²) in [5.41, 5.74) is 4.16. The first-order valence-corrected chi connectivity index (χ1v) is 10.3. The first kappa shape index (κ1) is 18.8. The highest BCUT2D eigenvalue weighted by atomic mass is 15.3. The van der Waals surface area contributed by atoms with Crippen LogP contribution < -0.4 is 10.2 Å². The number of pyridine rings is 1. The van der Waals surface area contributed by atoms with Crippen molar-refractivity contribution < 1.29 is 0 Å². The Morgan fingerprint density at radius 2 is 1.75 bits per heavy atom. The number of fused-ring (bicyclic) bond motifs is 1. The van der Waals surface area contributed by atoms with Gasteiger partial charge in [0.25, 0.3) is 0 Å². The van der Waals surface area contributed by atoms with Gasteiger partial charge in [0, 0.05) is 43.4 Å². The number of nitrogens with zero attached hydrogens (tertiary/aromatic N) is 3. The number of rotatable bonds is 5. The molecule has 2 aromatic carbocycles. The van der Waals surface area contributed by atoms with E-state index in [0.717, 1.165) is 38.4 Å². The predicted octanol–water partition coefficient (Wildman–Crippen LogP) is 4.82. The number of aryl methyl sites for hydroxylation is 1. The van der Waals surface area contributed by atoms with Crippen molar-refractivity contribution in [2.75, 3.05) is 36.4 Å². The molecule has 146 valence electrons. The van der Waals surface area contributed by atoms with Crippen LogP contribution in [-0.2, 0) is 0 Å². The second-order valence-electron chi connectivity index (χ2n) is 7.69. The summed E-state index contributed by atoms with van der Waals surface area (Å²) >= 11 is 0. The van der Waals surface area contributed by atoms with E-state index in [2.05, 4.69) is 89.4 Å². The van der Waals surface area contributed by atoms with Gasteiger partial charge in [-0.3, -0.25) is 4.90 Å². The Balaban J connectivity index is 1.46. The smallest absolute Gasteiger partial charge is 0.135 e. The van der Waals surface area contributed by atoms with Crippen molar-refractivity contribution in [2.24, 2.45) is 0 Å². The molecule has 0 aliphatic carbocycles. The van der Waals surface area contributed by atoms with Crippen LogP contribution in [0, 0.1) is 13.8 Å². The molecule has 0 bridgehead atoms. The van der Waals surface area contributed by atoms with Gasteiger partial charge in [0.2, 0.25) is 0 Å². The lowest BCUT2D eigenvalue weighted by Gasteiger charge is -2.41. The van der Waals surface area contributed by atoms with Crippen LogP contribution in [0.25, 0.3) is 10.8 Å². The second kappa shape index (κ2) is 8.19. The van der Waals surface area contributed by atoms with Crippen molar-refractivity contribution in [3.63, 3.8) is 0 Å². The van der Waals surface area contributed by atoms with E-state index in [4.69, 9.17) is 0 Å². The van der Waals surface area contributed by atoms with Crippen LogP contribution in [0.2, 0.25) is 0 Å². The summed E-state index contributed by atoms with van der Waals surface area (Å²) in [6.07, 6.45) is 3.25. The molecule has 1 atom stereocenters. The third-order valence-electron chi connectivity index (χ3n) is 6.04. The Bertz CT molecular complexity index is 939. The number of aromatic nitrogens is 1. The van der Waals surface area contributed by atoms with Crippen LogP contribution >= 0.6 is 0 Å². The SMILES string of the molecule is CCC(Nc1nccc2ccccc12)N1CCN(c2cccc(C)c2C)CC1. The highest BCUT2D eigenvalue weighted by molar-refractivity contribution is 5.91. The molecule has 4 nitrogen and oxygen atoms in total. The summed E-state index contributed by atoms with van der Waals surface area (Å²) in [5.74, 6) is 0.988. The van der Waals surface area contributed by atoms with Crippen LogP contribution in [-0.4, -0.2) is 42.2 Å². The van der Waals surface area contributed by atoms with E-state index in [1.54, 1.807) is 0 Å². The first-order valence-electron chi connectivity index (χ1n) is 10.3. The molecule has 1 aromatic heterocycles. The number of hydrogen-bond acceptors (Lipinski definition) is 4. The fourth-order valence-corrected chi connectivity index (χ4v) is 4.20. The lowest BCUT2D eigenvalue weighted by atomic mass is 10.1. The predicted molar refractivity (Wildman–Crippen MR) is 119 cm³/mol. The highest BCUT2D eigenvalue weighted by Crippen LogP contribution is 2.26. The van der Waals surface area contributed by atoms with Crippen molar-refractivity contribution >= 4 is 22.3 Å². The summed E-state index contributed by atoms with van der Waals surface area (Å²) in [6.45, 7) is 10.9. The van der Waals surface area contributed by atoms with Crippen molar-refractivity contribution in [3.05, 3.63) is 65.9 Å². The zero-order valence-electron chi connectivity index (χ0n) is 17.2. The largest absolute Gasteiger partial charge is 0.369 e. The van der Waals surface area contributed by atoms with E-state index in [1.165, 1.54) is 27.6 Å². The molecule has 1 unspecified atom stereocenters. The average molecular weight is 375 g/mol. The number of hydrogen-bond donors (Lipinski definition) is 1. The fourth-order valence-electron chi connectivity index (χ4n) is 4.20. The van der Waals surface area contributed by atoms with Gasteiger partial charge in [0.15, 0.2) is 0 Å². The van der Waals surface area contributed by atoms with Gasteiger partial charge >= 0.3 is 0 Å². The minimum absolute atomic E-state index is 0.305. The number of piperazine rings is 1. The van der Waals surface area contributed by atoms with Crippen molar-refractivity contribution in [1.29, 1.82) is 0 Å². The third-order valence-corrected chi connectivity index (χ3v) is 6.04. The molecular formula is C24H30N4. The molecule has 4 rings (SSSR count). The van der Waals surface area contributed by atoms with E-state index >= 15 is 0 Å². The van der Waals surface area contributed by atoms with E-state index < -0.39 is 0 Å². The van der Waals surface area contributed by atoms with Gasteiger partial charge in [-0.15, -0.1) is 0 Å². The molecular weight excluding hydrogens is 344 g/mol. The Morgan fingerprint density at radius 3 is 2.54 bits per heavy atom. The Hall–Kier alpha value is -2.59. The van der Waals surface area contributed by atoms with E-state index in [0.29, 0.717) is 6.17 Å². The van der Waals surface area contributed by atoms with E-state index in [9.17, 15) is 0 Å². The van der Waals surface area contributed by atoms with Gasteiger partial charge in [-0.2, -0.15) is 0 Å². The topological polar surface area (TPSA) is 31.4 Å². The summed E-state index contributed by atoms with van der Waals surface area (Å²) in [4.78, 5) is 9.72. The summed E-state index contributed by atoms with van der Waals surface area (Å²) in [5, 5.41) is 6.14. The molecule has 1 saturated heterocycles. The zero-order chi connectivity index (χ0) is 19.5. The Labute approximate surface area is 168 Å². The van der Waals surface area contributed by atoms with E-state index in [-0.39, 0.29) is 0 Å². The third kappa shape index (κ3) is 3.69. The quantitative estimate of drug-likeness (QED) is 0.694. The monoisotopic (exact) mass is 374 g/mol.